The summed E-state index contributed by atoms with van der Waals surface area (Å²) in [6, 6.07) is 2.91. The average molecular weight is 416 g/mol. The topological polar surface area (TPSA) is 81.9 Å². The molecule has 0 amide bonds. The van der Waals surface area contributed by atoms with Crippen molar-refractivity contribution in [2.24, 2.45) is 5.73 Å². The van der Waals surface area contributed by atoms with E-state index in [0.29, 0.717) is 23.3 Å². The summed E-state index contributed by atoms with van der Waals surface area (Å²) in [5.41, 5.74) is 5.68. The van der Waals surface area contributed by atoms with Gasteiger partial charge in [-0.1, -0.05) is 0 Å². The van der Waals surface area contributed by atoms with E-state index in [0.717, 1.165) is 12.8 Å². The molecule has 1 aliphatic heterocycles. The average Bonchev–Trinajstić information content (AvgIpc) is 2.95. The minimum atomic E-state index is -3.66. The molecule has 2 N–H and O–H groups in total. The van der Waals surface area contributed by atoms with Gasteiger partial charge in [-0.25, -0.2) is 8.42 Å². The first-order valence-electron chi connectivity index (χ1n) is 6.59. The van der Waals surface area contributed by atoms with E-state index in [-0.39, 0.29) is 29.1 Å². The van der Waals surface area contributed by atoms with Crippen molar-refractivity contribution in [3.63, 3.8) is 0 Å². The van der Waals surface area contributed by atoms with Gasteiger partial charge in [0.2, 0.25) is 10.0 Å². The lowest BCUT2D eigenvalue weighted by Gasteiger charge is -2.24. The van der Waals surface area contributed by atoms with Crippen molar-refractivity contribution in [1.29, 1.82) is 0 Å². The lowest BCUT2D eigenvalue weighted by molar-refractivity contribution is 0.374. The highest BCUT2D eigenvalue weighted by molar-refractivity contribution is 9.10. The van der Waals surface area contributed by atoms with Crippen LogP contribution in [0.3, 0.4) is 0 Å². The molecule has 0 aliphatic carbocycles. The lowest BCUT2D eigenvalue weighted by Crippen LogP contribution is -2.40. The lowest BCUT2D eigenvalue weighted by atomic mass is 10.2. The van der Waals surface area contributed by atoms with E-state index in [1.54, 1.807) is 6.07 Å². The Morgan fingerprint density at radius 2 is 1.95 bits per heavy atom. The molecule has 1 aromatic carbocycles. The Labute approximate surface area is 145 Å². The van der Waals surface area contributed by atoms with E-state index in [2.05, 4.69) is 15.9 Å². The summed E-state index contributed by atoms with van der Waals surface area (Å²) in [5, 5.41) is 0. The first kappa shape index (κ1) is 19.5. The van der Waals surface area contributed by atoms with Gasteiger partial charge >= 0.3 is 0 Å². The number of rotatable bonds is 5. The SMILES string of the molecule is COc1cc(S(=O)(=O)N2CCCC2CN)c(OC)cc1Br.Cl. The molecular weight excluding hydrogens is 396 g/mol. The number of nitrogens with zero attached hydrogens (tertiary/aromatic N) is 1. The van der Waals surface area contributed by atoms with Crippen LogP contribution in [0.25, 0.3) is 0 Å². The zero-order valence-corrected chi connectivity index (χ0v) is 15.6. The molecule has 0 aromatic heterocycles. The van der Waals surface area contributed by atoms with Gasteiger partial charge in [0.25, 0.3) is 0 Å². The smallest absolute Gasteiger partial charge is 0.247 e. The fourth-order valence-electron chi connectivity index (χ4n) is 2.52. The quantitative estimate of drug-likeness (QED) is 0.795. The molecule has 1 fully saturated rings. The molecular formula is C13H20BrClN2O4S. The van der Waals surface area contributed by atoms with Gasteiger partial charge in [0.05, 0.1) is 18.7 Å². The first-order chi connectivity index (χ1) is 9.95. The third kappa shape index (κ3) is 3.51. The normalized spacial score (nSPS) is 18.8. The second-order valence-corrected chi connectivity index (χ2v) is 7.50. The highest BCUT2D eigenvalue weighted by atomic mass is 79.9. The van der Waals surface area contributed by atoms with Crippen molar-refractivity contribution in [1.82, 2.24) is 4.31 Å². The number of halogens is 2. The van der Waals surface area contributed by atoms with Gasteiger partial charge in [0, 0.05) is 25.2 Å². The maximum atomic E-state index is 12.9. The minimum Gasteiger partial charge on any atom is -0.496 e. The van der Waals surface area contributed by atoms with Crippen LogP contribution in [0.2, 0.25) is 0 Å². The Morgan fingerprint density at radius 3 is 2.50 bits per heavy atom. The second kappa shape index (κ2) is 7.83. The highest BCUT2D eigenvalue weighted by Crippen LogP contribution is 2.38. The molecule has 0 saturated carbocycles. The molecule has 1 unspecified atom stereocenters. The molecule has 1 heterocycles. The van der Waals surface area contributed by atoms with Crippen molar-refractivity contribution >= 4 is 38.4 Å². The number of hydrogen-bond acceptors (Lipinski definition) is 5. The summed E-state index contributed by atoms with van der Waals surface area (Å²) >= 11 is 3.32. The van der Waals surface area contributed by atoms with E-state index >= 15 is 0 Å². The van der Waals surface area contributed by atoms with Crippen LogP contribution in [0.15, 0.2) is 21.5 Å². The highest BCUT2D eigenvalue weighted by Gasteiger charge is 2.36. The number of benzene rings is 1. The van der Waals surface area contributed by atoms with Crippen LogP contribution in [0.4, 0.5) is 0 Å². The van der Waals surface area contributed by atoms with Crippen LogP contribution >= 0.6 is 28.3 Å². The van der Waals surface area contributed by atoms with Crippen LogP contribution in [0.1, 0.15) is 12.8 Å². The van der Waals surface area contributed by atoms with Crippen molar-refractivity contribution in [3.05, 3.63) is 16.6 Å². The van der Waals surface area contributed by atoms with Gasteiger partial charge < -0.3 is 15.2 Å². The van der Waals surface area contributed by atoms with Gasteiger partial charge in [0.1, 0.15) is 16.4 Å². The molecule has 1 saturated heterocycles. The molecule has 0 spiro atoms. The number of methoxy groups -OCH3 is 2. The van der Waals surface area contributed by atoms with Crippen molar-refractivity contribution in [2.45, 2.75) is 23.8 Å². The number of hydrogen-bond donors (Lipinski definition) is 1. The molecule has 9 heteroatoms. The van der Waals surface area contributed by atoms with Crippen molar-refractivity contribution in [2.75, 3.05) is 27.3 Å². The number of ether oxygens (including phenoxy) is 2. The predicted molar refractivity (Wildman–Crippen MR) is 90.5 cm³/mol. The zero-order valence-electron chi connectivity index (χ0n) is 12.4. The van der Waals surface area contributed by atoms with Gasteiger partial charge in [-0.3, -0.25) is 0 Å². The fourth-order valence-corrected chi connectivity index (χ4v) is 4.86. The van der Waals surface area contributed by atoms with Gasteiger partial charge in [-0.2, -0.15) is 4.31 Å². The van der Waals surface area contributed by atoms with Crippen LogP contribution in [-0.4, -0.2) is 46.1 Å². The molecule has 6 nitrogen and oxygen atoms in total. The summed E-state index contributed by atoms with van der Waals surface area (Å²) < 4.78 is 38.3. The second-order valence-electron chi connectivity index (χ2n) is 4.79. The molecule has 0 bridgehead atoms. The molecule has 2 rings (SSSR count). The van der Waals surface area contributed by atoms with Crippen LogP contribution in [0.5, 0.6) is 11.5 Å². The maximum Gasteiger partial charge on any atom is 0.247 e. The Hall–Kier alpha value is -0.540. The molecule has 0 radical (unpaired) electrons. The van der Waals surface area contributed by atoms with Crippen LogP contribution in [0, 0.1) is 0 Å². The van der Waals surface area contributed by atoms with Crippen LogP contribution < -0.4 is 15.2 Å². The first-order valence-corrected chi connectivity index (χ1v) is 8.82. The molecule has 1 aromatic rings. The van der Waals surface area contributed by atoms with E-state index in [1.165, 1.54) is 24.6 Å². The van der Waals surface area contributed by atoms with Gasteiger partial charge in [-0.15, -0.1) is 12.4 Å². The predicted octanol–water partition coefficient (Wildman–Crippen LogP) is 2.00. The standard InChI is InChI=1S/C13H19BrN2O4S.ClH/c1-19-11-7-13(12(20-2)6-10(11)14)21(17,18)16-5-3-4-9(16)8-15;/h6-7,9H,3-5,8,15H2,1-2H3;1H. The third-order valence-corrected chi connectivity index (χ3v) is 6.21. The van der Waals surface area contributed by atoms with Crippen molar-refractivity contribution < 1.29 is 17.9 Å². The summed E-state index contributed by atoms with van der Waals surface area (Å²) in [5.74, 6) is 0.725. The number of sulfonamides is 1. The minimum absolute atomic E-state index is 0. The van der Waals surface area contributed by atoms with E-state index in [1.807, 2.05) is 0 Å². The molecule has 1 aliphatic rings. The zero-order chi connectivity index (χ0) is 15.6. The molecule has 22 heavy (non-hydrogen) atoms. The monoisotopic (exact) mass is 414 g/mol. The Morgan fingerprint density at radius 1 is 1.32 bits per heavy atom. The van der Waals surface area contributed by atoms with E-state index in [4.69, 9.17) is 15.2 Å². The largest absolute Gasteiger partial charge is 0.496 e. The maximum absolute atomic E-state index is 12.9. The Kier molecular flexibility index (Phi) is 6.94. The third-order valence-electron chi connectivity index (χ3n) is 3.62. The molecule has 126 valence electrons. The summed E-state index contributed by atoms with van der Waals surface area (Å²) in [6.07, 6.45) is 1.60. The summed E-state index contributed by atoms with van der Waals surface area (Å²) in [7, 11) is -0.735. The van der Waals surface area contributed by atoms with E-state index < -0.39 is 10.0 Å². The molecule has 1 atom stereocenters. The van der Waals surface area contributed by atoms with Gasteiger partial charge in [0.15, 0.2) is 0 Å². The summed E-state index contributed by atoms with van der Waals surface area (Å²) in [6.45, 7) is 0.793. The van der Waals surface area contributed by atoms with E-state index in [9.17, 15) is 8.42 Å². The Balaban J connectivity index is 0.00000242. The van der Waals surface area contributed by atoms with Gasteiger partial charge in [-0.05, 0) is 34.8 Å². The summed E-state index contributed by atoms with van der Waals surface area (Å²) in [4.78, 5) is 0.102. The van der Waals surface area contributed by atoms with Crippen molar-refractivity contribution in [3.8, 4) is 11.5 Å². The Bertz CT molecular complexity index is 627. The van der Waals surface area contributed by atoms with Crippen LogP contribution in [-0.2, 0) is 10.0 Å². The number of nitrogens with two attached hydrogens (primary N) is 1. The fraction of sp³-hybridized carbons (Fsp3) is 0.538.